The monoisotopic (exact) mass is 655 g/mol. The van der Waals surface area contributed by atoms with Crippen LogP contribution in [0.25, 0.3) is 0 Å². The van der Waals surface area contributed by atoms with Crippen molar-refractivity contribution >= 4 is 27.5 Å². The number of anilines is 1. The van der Waals surface area contributed by atoms with E-state index in [9.17, 15) is 22.4 Å². The molecule has 4 aromatic carbocycles. The number of benzene rings is 4. The van der Waals surface area contributed by atoms with Crippen LogP contribution in [0.5, 0.6) is 0 Å². The lowest BCUT2D eigenvalue weighted by Crippen LogP contribution is -2.54. The second-order valence-corrected chi connectivity index (χ2v) is 14.3. The molecule has 0 heterocycles. The molecule has 9 heteroatoms. The molecule has 7 nitrogen and oxygen atoms in total. The normalized spacial score (nSPS) is 14.0. The molecular weight excluding hydrogens is 614 g/mol. The minimum atomic E-state index is -4.20. The number of nitrogens with zero attached hydrogens (tertiary/aromatic N) is 2. The predicted molar refractivity (Wildman–Crippen MR) is 183 cm³/mol. The molecule has 1 N–H and O–H groups in total. The van der Waals surface area contributed by atoms with Gasteiger partial charge in [0.25, 0.3) is 10.0 Å². The first kappa shape index (κ1) is 33.9. The predicted octanol–water partition coefficient (Wildman–Crippen LogP) is 6.65. The van der Waals surface area contributed by atoms with E-state index in [1.165, 1.54) is 29.2 Å². The van der Waals surface area contributed by atoms with Gasteiger partial charge in [-0.1, -0.05) is 79.1 Å². The number of aryl methyl sites for hydroxylation is 3. The third-order valence-corrected chi connectivity index (χ3v) is 10.7. The average molecular weight is 656 g/mol. The van der Waals surface area contributed by atoms with Crippen LogP contribution < -0.4 is 9.62 Å². The molecule has 0 aromatic heterocycles. The minimum Gasteiger partial charge on any atom is -0.352 e. The summed E-state index contributed by atoms with van der Waals surface area (Å²) in [6.07, 6.45) is 4.00. The summed E-state index contributed by atoms with van der Waals surface area (Å²) in [5.41, 5.74) is 4.58. The third kappa shape index (κ3) is 8.46. The lowest BCUT2D eigenvalue weighted by molar-refractivity contribution is -0.140. The fourth-order valence-corrected chi connectivity index (χ4v) is 7.36. The Labute approximate surface area is 277 Å². The lowest BCUT2D eigenvalue weighted by Gasteiger charge is -2.34. The number of sulfonamides is 1. The van der Waals surface area contributed by atoms with Crippen LogP contribution in [-0.2, 0) is 32.6 Å². The van der Waals surface area contributed by atoms with Crippen molar-refractivity contribution in [2.24, 2.45) is 0 Å². The smallest absolute Gasteiger partial charge is 0.264 e. The highest BCUT2D eigenvalue weighted by Crippen LogP contribution is 2.27. The van der Waals surface area contributed by atoms with E-state index in [1.54, 1.807) is 36.4 Å². The van der Waals surface area contributed by atoms with Gasteiger partial charge in [-0.05, 0) is 92.3 Å². The molecule has 1 unspecified atom stereocenters. The van der Waals surface area contributed by atoms with Crippen molar-refractivity contribution in [3.05, 3.63) is 131 Å². The number of amides is 2. The molecule has 47 heavy (non-hydrogen) atoms. The summed E-state index contributed by atoms with van der Waals surface area (Å²) < 4.78 is 43.5. The van der Waals surface area contributed by atoms with Crippen LogP contribution in [0, 0.1) is 26.6 Å². The summed E-state index contributed by atoms with van der Waals surface area (Å²) in [4.78, 5) is 30.2. The Bertz CT molecular complexity index is 1790. The van der Waals surface area contributed by atoms with Crippen molar-refractivity contribution in [1.82, 2.24) is 10.2 Å². The van der Waals surface area contributed by atoms with Crippen molar-refractivity contribution in [3.8, 4) is 0 Å². The summed E-state index contributed by atoms with van der Waals surface area (Å²) in [7, 11) is -4.20. The van der Waals surface area contributed by atoms with Crippen LogP contribution >= 0.6 is 0 Å². The molecule has 1 aliphatic carbocycles. The number of carbonyl (C=O) groups excluding carboxylic acids is 2. The molecule has 0 aliphatic heterocycles. The minimum absolute atomic E-state index is 0.0116. The standard InChI is InChI=1S/C38H42FN3O4S/c1-27-13-21-35(22-14-27)47(45,46)42(34-20-15-28(2)29(3)23-34)26-37(43)41(25-31-16-18-32(39)19-17-31)36(24-30-9-5-4-6-10-30)38(44)40-33-11-7-8-12-33/h4-6,9-10,13-23,33,36H,7-8,11-12,24-26H2,1-3H3,(H,40,44). The van der Waals surface area contributed by atoms with Crippen LogP contribution in [0.2, 0.25) is 0 Å². The quantitative estimate of drug-likeness (QED) is 0.185. The van der Waals surface area contributed by atoms with Gasteiger partial charge in [-0.2, -0.15) is 0 Å². The molecule has 0 bridgehead atoms. The Morgan fingerprint density at radius 1 is 0.830 bits per heavy atom. The Morgan fingerprint density at radius 3 is 2.13 bits per heavy atom. The van der Waals surface area contributed by atoms with Gasteiger partial charge >= 0.3 is 0 Å². The van der Waals surface area contributed by atoms with Crippen LogP contribution in [0.3, 0.4) is 0 Å². The van der Waals surface area contributed by atoms with Crippen molar-refractivity contribution in [2.45, 2.75) is 76.4 Å². The van der Waals surface area contributed by atoms with Crippen LogP contribution in [0.1, 0.15) is 53.5 Å². The van der Waals surface area contributed by atoms with Crippen molar-refractivity contribution in [3.63, 3.8) is 0 Å². The summed E-state index contributed by atoms with van der Waals surface area (Å²) in [5.74, 6) is -1.27. The molecule has 246 valence electrons. The molecule has 1 fully saturated rings. The van der Waals surface area contributed by atoms with Gasteiger partial charge < -0.3 is 10.2 Å². The molecule has 2 amide bonds. The largest absolute Gasteiger partial charge is 0.352 e. The first-order chi connectivity index (χ1) is 22.5. The van der Waals surface area contributed by atoms with Gasteiger partial charge in [-0.3, -0.25) is 13.9 Å². The summed E-state index contributed by atoms with van der Waals surface area (Å²) in [5, 5.41) is 3.16. The van der Waals surface area contributed by atoms with E-state index in [2.05, 4.69) is 5.32 Å². The van der Waals surface area contributed by atoms with Gasteiger partial charge in [0, 0.05) is 19.0 Å². The van der Waals surface area contributed by atoms with E-state index < -0.39 is 34.3 Å². The Kier molecular flexibility index (Phi) is 10.8. The highest BCUT2D eigenvalue weighted by atomic mass is 32.2. The van der Waals surface area contributed by atoms with E-state index in [1.807, 2.05) is 57.2 Å². The number of carbonyl (C=O) groups is 2. The summed E-state index contributed by atoms with van der Waals surface area (Å²) in [6.45, 7) is 5.14. The second-order valence-electron chi connectivity index (χ2n) is 12.4. The number of hydrogen-bond acceptors (Lipinski definition) is 4. The van der Waals surface area contributed by atoms with Gasteiger partial charge in [0.2, 0.25) is 11.8 Å². The molecule has 1 aliphatic rings. The van der Waals surface area contributed by atoms with Crippen molar-refractivity contribution in [1.29, 1.82) is 0 Å². The van der Waals surface area contributed by atoms with Crippen molar-refractivity contribution < 1.29 is 22.4 Å². The fraction of sp³-hybridized carbons (Fsp3) is 0.316. The molecule has 4 aromatic rings. The van der Waals surface area contributed by atoms with E-state index >= 15 is 0 Å². The van der Waals surface area contributed by atoms with Gasteiger partial charge in [-0.15, -0.1) is 0 Å². The Hall–Kier alpha value is -4.50. The maximum atomic E-state index is 14.6. The summed E-state index contributed by atoms with van der Waals surface area (Å²) in [6, 6.07) is 26.1. The molecule has 5 rings (SSSR count). The van der Waals surface area contributed by atoms with E-state index in [0.717, 1.165) is 52.2 Å². The van der Waals surface area contributed by atoms with E-state index in [4.69, 9.17) is 0 Å². The highest BCUT2D eigenvalue weighted by molar-refractivity contribution is 7.92. The Balaban J connectivity index is 1.57. The number of hydrogen-bond donors (Lipinski definition) is 1. The number of halogens is 1. The molecule has 0 spiro atoms. The molecule has 1 atom stereocenters. The molecule has 1 saturated carbocycles. The SMILES string of the molecule is Cc1ccc(S(=O)(=O)N(CC(=O)N(Cc2ccc(F)cc2)C(Cc2ccccc2)C(=O)NC2CCCC2)c2ccc(C)c(C)c2)cc1. The fourth-order valence-electron chi connectivity index (χ4n) is 5.95. The van der Waals surface area contributed by atoms with Crippen LogP contribution in [0.15, 0.2) is 102 Å². The lowest BCUT2D eigenvalue weighted by atomic mass is 10.0. The molecule has 0 saturated heterocycles. The molecular formula is C38H42FN3O4S. The first-order valence-electron chi connectivity index (χ1n) is 16.1. The molecule has 0 radical (unpaired) electrons. The zero-order valence-electron chi connectivity index (χ0n) is 27.2. The number of nitrogens with one attached hydrogen (secondary N) is 1. The van der Waals surface area contributed by atoms with Gasteiger partial charge in [0.05, 0.1) is 10.6 Å². The van der Waals surface area contributed by atoms with Crippen molar-refractivity contribution in [2.75, 3.05) is 10.8 Å². The number of rotatable bonds is 12. The zero-order valence-corrected chi connectivity index (χ0v) is 28.0. The average Bonchev–Trinajstić information content (AvgIpc) is 3.57. The topological polar surface area (TPSA) is 86.8 Å². The summed E-state index contributed by atoms with van der Waals surface area (Å²) >= 11 is 0. The van der Waals surface area contributed by atoms with Gasteiger partial charge in [-0.25, -0.2) is 12.8 Å². The maximum Gasteiger partial charge on any atom is 0.264 e. The van der Waals surface area contributed by atoms with Crippen LogP contribution in [0.4, 0.5) is 10.1 Å². The third-order valence-electron chi connectivity index (χ3n) is 8.91. The zero-order chi connectivity index (χ0) is 33.6. The second kappa shape index (κ2) is 14.9. The van der Waals surface area contributed by atoms with Gasteiger partial charge in [0.1, 0.15) is 18.4 Å². The first-order valence-corrected chi connectivity index (χ1v) is 17.5. The maximum absolute atomic E-state index is 14.6. The van der Waals surface area contributed by atoms with E-state index in [0.29, 0.717) is 11.3 Å². The van der Waals surface area contributed by atoms with E-state index in [-0.39, 0.29) is 29.8 Å². The van der Waals surface area contributed by atoms with Gasteiger partial charge in [0.15, 0.2) is 0 Å². The highest BCUT2D eigenvalue weighted by Gasteiger charge is 2.35. The van der Waals surface area contributed by atoms with Crippen LogP contribution in [-0.4, -0.2) is 43.8 Å². The Morgan fingerprint density at radius 2 is 1.49 bits per heavy atom.